The first kappa shape index (κ1) is 15.0. The molecule has 1 heterocycles. The summed E-state index contributed by atoms with van der Waals surface area (Å²) >= 11 is 0.860. The van der Waals surface area contributed by atoms with Gasteiger partial charge in [0, 0.05) is 11.3 Å². The number of aryl methyl sites for hydroxylation is 1. The molecule has 0 saturated heterocycles. The number of hydrogen-bond acceptors (Lipinski definition) is 5. The first-order chi connectivity index (χ1) is 9.04. The van der Waals surface area contributed by atoms with Gasteiger partial charge in [0.05, 0.1) is 5.25 Å². The SMILES string of the molecule is CCCc1[nH]c(=O)c(C#N)cc1C(=O)C(C)SC#N. The highest BCUT2D eigenvalue weighted by atomic mass is 32.2. The van der Waals surface area contributed by atoms with Crippen molar-refractivity contribution in [1.29, 1.82) is 10.5 Å². The highest BCUT2D eigenvalue weighted by Gasteiger charge is 2.20. The summed E-state index contributed by atoms with van der Waals surface area (Å²) in [4.78, 5) is 26.4. The smallest absolute Gasteiger partial charge is 0.266 e. The minimum Gasteiger partial charge on any atom is -0.324 e. The zero-order valence-electron chi connectivity index (χ0n) is 10.7. The summed E-state index contributed by atoms with van der Waals surface area (Å²) < 4.78 is 0. The molecule has 6 heteroatoms. The average molecular weight is 275 g/mol. The number of pyridine rings is 1. The molecule has 0 fully saturated rings. The highest BCUT2D eigenvalue weighted by Crippen LogP contribution is 2.18. The van der Waals surface area contributed by atoms with Gasteiger partial charge in [0.25, 0.3) is 5.56 Å². The van der Waals surface area contributed by atoms with Gasteiger partial charge < -0.3 is 4.98 Å². The zero-order valence-corrected chi connectivity index (χ0v) is 11.5. The Labute approximate surface area is 115 Å². The lowest BCUT2D eigenvalue weighted by Crippen LogP contribution is -2.21. The quantitative estimate of drug-likeness (QED) is 0.654. The number of Topliss-reactive ketones (excluding diaryl/α,β-unsaturated/α-hetero) is 1. The second-order valence-electron chi connectivity index (χ2n) is 3.98. The molecule has 0 aromatic carbocycles. The Balaban J connectivity index is 3.32. The molecular weight excluding hydrogens is 262 g/mol. The number of hydrogen-bond donors (Lipinski definition) is 1. The van der Waals surface area contributed by atoms with Crippen LogP contribution in [0.4, 0.5) is 0 Å². The van der Waals surface area contributed by atoms with Crippen LogP contribution in [-0.4, -0.2) is 16.0 Å². The van der Waals surface area contributed by atoms with Crippen molar-refractivity contribution < 1.29 is 4.79 Å². The van der Waals surface area contributed by atoms with Crippen LogP contribution in [0.25, 0.3) is 0 Å². The van der Waals surface area contributed by atoms with Gasteiger partial charge in [-0.3, -0.25) is 9.59 Å². The van der Waals surface area contributed by atoms with Crippen LogP contribution in [0.15, 0.2) is 10.9 Å². The normalized spacial score (nSPS) is 11.4. The molecule has 1 atom stereocenters. The third-order valence-electron chi connectivity index (χ3n) is 2.61. The van der Waals surface area contributed by atoms with E-state index >= 15 is 0 Å². The van der Waals surface area contributed by atoms with Crippen molar-refractivity contribution in [2.45, 2.75) is 31.9 Å². The van der Waals surface area contributed by atoms with Crippen molar-refractivity contribution >= 4 is 17.5 Å². The van der Waals surface area contributed by atoms with Gasteiger partial charge in [-0.2, -0.15) is 10.5 Å². The van der Waals surface area contributed by atoms with Gasteiger partial charge in [-0.25, -0.2) is 0 Å². The van der Waals surface area contributed by atoms with Gasteiger partial charge in [-0.05, 0) is 31.2 Å². The van der Waals surface area contributed by atoms with Crippen LogP contribution < -0.4 is 5.56 Å². The highest BCUT2D eigenvalue weighted by molar-refractivity contribution is 8.04. The maximum Gasteiger partial charge on any atom is 0.266 e. The van der Waals surface area contributed by atoms with E-state index in [0.717, 1.165) is 18.2 Å². The Morgan fingerprint density at radius 3 is 2.74 bits per heavy atom. The molecule has 1 rings (SSSR count). The lowest BCUT2D eigenvalue weighted by Gasteiger charge is -2.10. The van der Waals surface area contributed by atoms with Gasteiger partial charge >= 0.3 is 0 Å². The van der Waals surface area contributed by atoms with E-state index in [1.54, 1.807) is 13.0 Å². The average Bonchev–Trinajstić information content (AvgIpc) is 2.39. The predicted octanol–water partition coefficient (Wildman–Crippen LogP) is 1.98. The molecule has 98 valence electrons. The number of carbonyl (C=O) groups is 1. The summed E-state index contributed by atoms with van der Waals surface area (Å²) in [6, 6.07) is 3.08. The zero-order chi connectivity index (χ0) is 14.4. The van der Waals surface area contributed by atoms with E-state index in [9.17, 15) is 9.59 Å². The van der Waals surface area contributed by atoms with Crippen molar-refractivity contribution in [3.05, 3.63) is 33.2 Å². The number of thioether (sulfide) groups is 1. The molecule has 0 spiro atoms. The fraction of sp³-hybridized carbons (Fsp3) is 0.385. The monoisotopic (exact) mass is 275 g/mol. The molecule has 0 radical (unpaired) electrons. The minimum absolute atomic E-state index is 0.0858. The summed E-state index contributed by atoms with van der Waals surface area (Å²) in [7, 11) is 0. The lowest BCUT2D eigenvalue weighted by molar-refractivity contribution is 0.0992. The second-order valence-corrected chi connectivity index (χ2v) is 5.11. The Morgan fingerprint density at radius 1 is 1.53 bits per heavy atom. The van der Waals surface area contributed by atoms with E-state index in [1.165, 1.54) is 6.07 Å². The van der Waals surface area contributed by atoms with E-state index in [-0.39, 0.29) is 11.3 Å². The first-order valence-corrected chi connectivity index (χ1v) is 6.68. The second kappa shape index (κ2) is 6.77. The largest absolute Gasteiger partial charge is 0.324 e. The summed E-state index contributed by atoms with van der Waals surface area (Å²) in [6.07, 6.45) is 1.31. The molecule has 19 heavy (non-hydrogen) atoms. The molecular formula is C13H13N3O2S. The number of ketones is 1. The van der Waals surface area contributed by atoms with E-state index in [2.05, 4.69) is 4.98 Å². The van der Waals surface area contributed by atoms with Crippen LogP contribution in [0, 0.1) is 22.0 Å². The molecule has 0 saturated carbocycles. The summed E-state index contributed by atoms with van der Waals surface area (Å²) in [5.41, 5.74) is 0.288. The maximum absolute atomic E-state index is 12.2. The van der Waals surface area contributed by atoms with Crippen LogP contribution in [0.5, 0.6) is 0 Å². The van der Waals surface area contributed by atoms with E-state index in [1.807, 2.05) is 12.3 Å². The minimum atomic E-state index is -0.530. The Bertz CT molecular complexity index is 622. The number of nitriles is 2. The molecule has 0 aliphatic heterocycles. The summed E-state index contributed by atoms with van der Waals surface area (Å²) in [5, 5.41) is 18.8. The third kappa shape index (κ3) is 3.46. The summed E-state index contributed by atoms with van der Waals surface area (Å²) in [6.45, 7) is 3.56. The van der Waals surface area contributed by atoms with Crippen LogP contribution in [0.2, 0.25) is 0 Å². The molecule has 1 aromatic heterocycles. The molecule has 0 bridgehead atoms. The maximum atomic E-state index is 12.2. The molecule has 0 aliphatic carbocycles. The van der Waals surface area contributed by atoms with Crippen LogP contribution in [0.3, 0.4) is 0 Å². The Morgan fingerprint density at radius 2 is 2.21 bits per heavy atom. The fourth-order valence-corrected chi connectivity index (χ4v) is 2.06. The van der Waals surface area contributed by atoms with Crippen LogP contribution in [-0.2, 0) is 6.42 Å². The number of nitrogens with zero attached hydrogens (tertiary/aromatic N) is 2. The number of nitrogens with one attached hydrogen (secondary N) is 1. The Kier molecular flexibility index (Phi) is 5.35. The molecule has 0 amide bonds. The first-order valence-electron chi connectivity index (χ1n) is 5.80. The number of thiocyanates is 1. The number of aromatic nitrogens is 1. The molecule has 0 aliphatic rings. The van der Waals surface area contributed by atoms with Gasteiger partial charge in [0.1, 0.15) is 17.0 Å². The number of aromatic amines is 1. The molecule has 5 nitrogen and oxygen atoms in total. The van der Waals surface area contributed by atoms with Crippen molar-refractivity contribution in [3.8, 4) is 11.5 Å². The standard InChI is InChI=1S/C13H13N3O2S/c1-3-4-11-10(12(17)8(2)19-7-15)5-9(6-14)13(18)16-11/h5,8H,3-4H2,1-2H3,(H,16,18). The number of rotatable bonds is 5. The van der Waals surface area contributed by atoms with E-state index in [0.29, 0.717) is 17.7 Å². The molecule has 1 unspecified atom stereocenters. The van der Waals surface area contributed by atoms with Crippen LogP contribution in [0.1, 0.15) is 41.9 Å². The fourth-order valence-electron chi connectivity index (χ4n) is 1.67. The van der Waals surface area contributed by atoms with Crippen molar-refractivity contribution in [2.75, 3.05) is 0 Å². The van der Waals surface area contributed by atoms with Crippen molar-refractivity contribution in [1.82, 2.24) is 4.98 Å². The third-order valence-corrected chi connectivity index (χ3v) is 3.28. The summed E-state index contributed by atoms with van der Waals surface area (Å²) in [5.74, 6) is -0.247. The Hall–Kier alpha value is -2.05. The van der Waals surface area contributed by atoms with Crippen molar-refractivity contribution in [2.24, 2.45) is 0 Å². The lowest BCUT2D eigenvalue weighted by atomic mass is 10.0. The van der Waals surface area contributed by atoms with E-state index < -0.39 is 10.8 Å². The predicted molar refractivity (Wildman–Crippen MR) is 72.8 cm³/mol. The molecule has 1 N–H and O–H groups in total. The number of H-pyrrole nitrogens is 1. The topological polar surface area (TPSA) is 97.5 Å². The van der Waals surface area contributed by atoms with E-state index in [4.69, 9.17) is 10.5 Å². The van der Waals surface area contributed by atoms with Gasteiger partial charge in [0.15, 0.2) is 5.78 Å². The van der Waals surface area contributed by atoms with Gasteiger partial charge in [-0.1, -0.05) is 13.3 Å². The van der Waals surface area contributed by atoms with Crippen LogP contribution >= 0.6 is 11.8 Å². The van der Waals surface area contributed by atoms with Crippen molar-refractivity contribution in [3.63, 3.8) is 0 Å². The van der Waals surface area contributed by atoms with Gasteiger partial charge in [0.2, 0.25) is 0 Å². The van der Waals surface area contributed by atoms with Gasteiger partial charge in [-0.15, -0.1) is 0 Å². The molecule has 1 aromatic rings. The number of carbonyl (C=O) groups excluding carboxylic acids is 1.